The van der Waals surface area contributed by atoms with Gasteiger partial charge in [-0.3, -0.25) is 19.7 Å². The number of hydrogen-bond donors (Lipinski definition) is 3. The zero-order chi connectivity index (χ0) is 27.2. The Morgan fingerprint density at radius 1 is 1.22 bits per heavy atom. The van der Waals surface area contributed by atoms with E-state index in [1.165, 1.54) is 29.2 Å². The van der Waals surface area contributed by atoms with E-state index in [2.05, 4.69) is 15.4 Å². The van der Waals surface area contributed by atoms with Crippen LogP contribution in [0.4, 0.5) is 33.3 Å². The SMILES string of the molecule is O=C(NC[C@H](NCC(F)(F)F)C(=O)Nc1ccc(N2CCOCC2=O)c(OC(F)F)c1)c1ccc(Cl)s1. The third-order valence-corrected chi connectivity index (χ3v) is 6.08. The number of morpholine rings is 1. The predicted molar refractivity (Wildman–Crippen MR) is 124 cm³/mol. The highest BCUT2D eigenvalue weighted by molar-refractivity contribution is 7.18. The van der Waals surface area contributed by atoms with Gasteiger partial charge in [-0.05, 0) is 24.3 Å². The van der Waals surface area contributed by atoms with Gasteiger partial charge >= 0.3 is 12.8 Å². The van der Waals surface area contributed by atoms with Crippen LogP contribution in [0.3, 0.4) is 0 Å². The molecule has 3 amide bonds. The lowest BCUT2D eigenvalue weighted by atomic mass is 10.2. The van der Waals surface area contributed by atoms with Crippen molar-refractivity contribution in [3.05, 3.63) is 39.5 Å². The Bertz CT molecular complexity index is 1130. The van der Waals surface area contributed by atoms with Crippen molar-refractivity contribution >= 4 is 52.0 Å². The minimum atomic E-state index is -4.66. The van der Waals surface area contributed by atoms with Gasteiger partial charge in [0.1, 0.15) is 12.6 Å². The van der Waals surface area contributed by atoms with Crippen molar-refractivity contribution in [2.45, 2.75) is 18.8 Å². The van der Waals surface area contributed by atoms with Crippen LogP contribution in [-0.2, 0) is 14.3 Å². The van der Waals surface area contributed by atoms with E-state index < -0.39 is 55.4 Å². The molecule has 1 aromatic heterocycles. The molecule has 0 saturated carbocycles. The molecule has 202 valence electrons. The summed E-state index contributed by atoms with van der Waals surface area (Å²) in [5, 5.41) is 6.68. The van der Waals surface area contributed by atoms with E-state index in [1.54, 1.807) is 0 Å². The molecule has 0 unspecified atom stereocenters. The molecule has 0 radical (unpaired) electrons. The fourth-order valence-corrected chi connectivity index (χ4v) is 4.18. The van der Waals surface area contributed by atoms with Gasteiger partial charge in [0.15, 0.2) is 5.75 Å². The van der Waals surface area contributed by atoms with Gasteiger partial charge in [0.2, 0.25) is 5.91 Å². The van der Waals surface area contributed by atoms with E-state index in [-0.39, 0.29) is 36.0 Å². The molecule has 1 atom stereocenters. The molecule has 0 spiro atoms. The summed E-state index contributed by atoms with van der Waals surface area (Å²) in [6.45, 7) is -5.36. The molecule has 16 heteroatoms. The smallest absolute Gasteiger partial charge is 0.401 e. The Labute approximate surface area is 215 Å². The number of benzene rings is 1. The highest BCUT2D eigenvalue weighted by Crippen LogP contribution is 2.33. The second-order valence-electron chi connectivity index (χ2n) is 7.51. The van der Waals surface area contributed by atoms with Gasteiger partial charge in [0, 0.05) is 24.8 Å². The number of ether oxygens (including phenoxy) is 2. The number of nitrogens with one attached hydrogen (secondary N) is 3. The number of thiophene rings is 1. The number of amides is 3. The van der Waals surface area contributed by atoms with Crippen molar-refractivity contribution in [2.24, 2.45) is 0 Å². The maximum Gasteiger partial charge on any atom is 0.401 e. The Kier molecular flexibility index (Phi) is 9.64. The van der Waals surface area contributed by atoms with Gasteiger partial charge in [0.05, 0.1) is 28.1 Å². The van der Waals surface area contributed by atoms with Crippen molar-refractivity contribution in [1.82, 2.24) is 10.6 Å². The number of carbonyl (C=O) groups excluding carboxylic acids is 3. The van der Waals surface area contributed by atoms with Gasteiger partial charge < -0.3 is 25.0 Å². The minimum Gasteiger partial charge on any atom is -0.433 e. The number of hydrogen-bond acceptors (Lipinski definition) is 7. The molecule has 0 bridgehead atoms. The molecule has 3 rings (SSSR count). The van der Waals surface area contributed by atoms with E-state index in [0.29, 0.717) is 4.34 Å². The average molecular weight is 571 g/mol. The van der Waals surface area contributed by atoms with Crippen LogP contribution in [0.5, 0.6) is 5.75 Å². The molecule has 0 aliphatic carbocycles. The maximum atomic E-state index is 13.0. The quantitative estimate of drug-likeness (QED) is 0.379. The van der Waals surface area contributed by atoms with Gasteiger partial charge in [-0.1, -0.05) is 11.6 Å². The lowest BCUT2D eigenvalue weighted by molar-refractivity contribution is -0.130. The molecule has 2 aromatic rings. The summed E-state index contributed by atoms with van der Waals surface area (Å²) in [5.74, 6) is -2.59. The lowest BCUT2D eigenvalue weighted by Gasteiger charge is -2.28. The molecule has 1 aliphatic heterocycles. The topological polar surface area (TPSA) is 109 Å². The Balaban J connectivity index is 1.76. The van der Waals surface area contributed by atoms with Crippen molar-refractivity contribution in [1.29, 1.82) is 0 Å². The first-order chi connectivity index (χ1) is 17.4. The molecular formula is C21H20ClF5N4O5S. The van der Waals surface area contributed by atoms with Crippen LogP contribution in [0.15, 0.2) is 30.3 Å². The van der Waals surface area contributed by atoms with E-state index in [1.807, 2.05) is 5.32 Å². The molecule has 9 nitrogen and oxygen atoms in total. The largest absolute Gasteiger partial charge is 0.433 e. The second-order valence-corrected chi connectivity index (χ2v) is 9.23. The van der Waals surface area contributed by atoms with E-state index in [9.17, 15) is 36.3 Å². The standard InChI is InChI=1S/C21H20ClF5N4O5S/c22-16-4-3-15(37-16)19(34)28-8-12(29-10-21(25,26)27)18(33)30-11-1-2-13(14(7-11)36-20(23)24)31-5-6-35-9-17(31)32/h1-4,7,12,20,29H,5-6,8-10H2,(H,28,34)(H,30,33)/t12-/m0/s1. The summed E-state index contributed by atoms with van der Waals surface area (Å²) in [4.78, 5) is 38.5. The normalized spacial score (nSPS) is 15.0. The zero-order valence-corrected chi connectivity index (χ0v) is 20.3. The number of nitrogens with zero attached hydrogens (tertiary/aromatic N) is 1. The van der Waals surface area contributed by atoms with Crippen LogP contribution in [-0.4, -0.2) is 69.4 Å². The van der Waals surface area contributed by atoms with Crippen LogP contribution >= 0.6 is 22.9 Å². The average Bonchev–Trinajstić information content (AvgIpc) is 3.25. The molecule has 37 heavy (non-hydrogen) atoms. The van der Waals surface area contributed by atoms with Gasteiger partial charge in [-0.2, -0.15) is 22.0 Å². The van der Waals surface area contributed by atoms with E-state index >= 15 is 0 Å². The third kappa shape index (κ3) is 8.52. The first kappa shape index (κ1) is 28.6. The summed E-state index contributed by atoms with van der Waals surface area (Å²) in [7, 11) is 0. The van der Waals surface area contributed by atoms with E-state index in [4.69, 9.17) is 16.3 Å². The van der Waals surface area contributed by atoms with Crippen LogP contribution in [0.2, 0.25) is 4.34 Å². The summed E-state index contributed by atoms with van der Waals surface area (Å²) < 4.78 is 74.2. The maximum absolute atomic E-state index is 13.0. The summed E-state index contributed by atoms with van der Waals surface area (Å²) in [5.41, 5.74) is -0.0968. The number of halogens is 6. The van der Waals surface area contributed by atoms with Crippen LogP contribution in [0.25, 0.3) is 0 Å². The fraction of sp³-hybridized carbons (Fsp3) is 0.381. The van der Waals surface area contributed by atoms with Crippen LogP contribution in [0.1, 0.15) is 9.67 Å². The number of rotatable bonds is 10. The summed E-state index contributed by atoms with van der Waals surface area (Å²) in [6.07, 6.45) is -4.66. The second kappa shape index (κ2) is 12.5. The Hall–Kier alpha value is -3.01. The Morgan fingerprint density at radius 3 is 2.59 bits per heavy atom. The molecule has 1 fully saturated rings. The molecule has 1 saturated heterocycles. The van der Waals surface area contributed by atoms with E-state index in [0.717, 1.165) is 17.4 Å². The van der Waals surface area contributed by atoms with Crippen molar-refractivity contribution in [3.8, 4) is 5.75 Å². The van der Waals surface area contributed by atoms with Crippen molar-refractivity contribution in [3.63, 3.8) is 0 Å². The van der Waals surface area contributed by atoms with Crippen LogP contribution < -0.4 is 25.6 Å². The molecule has 1 aromatic carbocycles. The first-order valence-electron chi connectivity index (χ1n) is 10.5. The van der Waals surface area contributed by atoms with Gasteiger partial charge in [-0.25, -0.2) is 0 Å². The molecule has 2 heterocycles. The number of carbonyl (C=O) groups is 3. The number of alkyl halides is 5. The first-order valence-corrected chi connectivity index (χ1v) is 11.7. The lowest BCUT2D eigenvalue weighted by Crippen LogP contribution is -2.50. The fourth-order valence-electron chi connectivity index (χ4n) is 3.22. The van der Waals surface area contributed by atoms with Crippen LogP contribution in [0, 0.1) is 0 Å². The highest BCUT2D eigenvalue weighted by atomic mass is 35.5. The number of anilines is 2. The molecule has 1 aliphatic rings. The molecular weight excluding hydrogens is 551 g/mol. The summed E-state index contributed by atoms with van der Waals surface area (Å²) >= 11 is 6.71. The summed E-state index contributed by atoms with van der Waals surface area (Å²) in [6, 6.07) is 4.83. The van der Waals surface area contributed by atoms with Crippen molar-refractivity contribution < 1.29 is 45.8 Å². The monoisotopic (exact) mass is 570 g/mol. The third-order valence-electron chi connectivity index (χ3n) is 4.85. The van der Waals surface area contributed by atoms with Crippen molar-refractivity contribution in [2.75, 3.05) is 43.1 Å². The zero-order valence-electron chi connectivity index (χ0n) is 18.7. The predicted octanol–water partition coefficient (Wildman–Crippen LogP) is 3.26. The Morgan fingerprint density at radius 2 is 1.97 bits per heavy atom. The molecule has 3 N–H and O–H groups in total. The minimum absolute atomic E-state index is 0.000201. The van der Waals surface area contributed by atoms with Gasteiger partial charge in [0.25, 0.3) is 11.8 Å². The van der Waals surface area contributed by atoms with Gasteiger partial charge in [-0.15, -0.1) is 11.3 Å². The highest BCUT2D eigenvalue weighted by Gasteiger charge is 2.31.